The number of rotatable bonds is 5. The van der Waals surface area contributed by atoms with Crippen molar-refractivity contribution < 1.29 is 14.2 Å². The number of hydrogen-bond acceptors (Lipinski definition) is 5. The summed E-state index contributed by atoms with van der Waals surface area (Å²) in [5.41, 5.74) is 7.24. The van der Waals surface area contributed by atoms with Crippen LogP contribution in [-0.2, 0) is 11.3 Å². The Balaban J connectivity index is 1.57. The monoisotopic (exact) mass is 320 g/mol. The van der Waals surface area contributed by atoms with Crippen LogP contribution in [0, 0.1) is 5.82 Å². The molecule has 2 aromatic rings. The molecule has 0 unspecified atom stereocenters. The summed E-state index contributed by atoms with van der Waals surface area (Å²) in [5.74, 6) is -0.293. The quantitative estimate of drug-likeness (QED) is 0.868. The number of nitrogens with zero attached hydrogens (tertiary/aromatic N) is 3. The van der Waals surface area contributed by atoms with Crippen LogP contribution in [0.2, 0.25) is 0 Å². The van der Waals surface area contributed by atoms with Crippen LogP contribution in [-0.4, -0.2) is 45.0 Å². The third kappa shape index (κ3) is 3.93. The first-order chi connectivity index (χ1) is 11.2. The van der Waals surface area contributed by atoms with E-state index in [1.165, 1.54) is 12.1 Å². The van der Waals surface area contributed by atoms with Crippen LogP contribution in [0.5, 0.6) is 0 Å². The minimum absolute atomic E-state index is 0.0509. The first-order valence-electron chi connectivity index (χ1n) is 7.83. The molecule has 3 N–H and O–H groups in total. The highest BCUT2D eigenvalue weighted by Gasteiger charge is 2.28. The van der Waals surface area contributed by atoms with Gasteiger partial charge in [-0.15, -0.1) is 5.10 Å². The molecule has 1 saturated heterocycles. The van der Waals surface area contributed by atoms with Crippen molar-refractivity contribution in [2.45, 2.75) is 44.1 Å². The minimum Gasteiger partial charge on any atom is -0.394 e. The number of aliphatic hydroxyl groups is 1. The summed E-state index contributed by atoms with van der Waals surface area (Å²) in [6, 6.07) is 6.19. The molecule has 0 aliphatic carbocycles. The van der Waals surface area contributed by atoms with Crippen molar-refractivity contribution >= 4 is 0 Å². The molecule has 2 heterocycles. The lowest BCUT2D eigenvalue weighted by Gasteiger charge is -2.33. The SMILES string of the molecule is N[C@@H]1CC[C@@H](CCn2cc(-c3cccc(F)c3)nn2)O[C@H]1CO. The van der Waals surface area contributed by atoms with Crippen molar-refractivity contribution in [1.29, 1.82) is 0 Å². The van der Waals surface area contributed by atoms with E-state index in [0.717, 1.165) is 19.3 Å². The normalized spacial score (nSPS) is 24.7. The van der Waals surface area contributed by atoms with E-state index in [1.807, 2.05) is 0 Å². The highest BCUT2D eigenvalue weighted by atomic mass is 19.1. The van der Waals surface area contributed by atoms with Gasteiger partial charge in [0.05, 0.1) is 25.0 Å². The summed E-state index contributed by atoms with van der Waals surface area (Å²) >= 11 is 0. The first kappa shape index (κ1) is 16.0. The number of benzene rings is 1. The Morgan fingerprint density at radius 3 is 3.04 bits per heavy atom. The zero-order chi connectivity index (χ0) is 16.2. The van der Waals surface area contributed by atoms with E-state index < -0.39 is 0 Å². The van der Waals surface area contributed by atoms with E-state index in [9.17, 15) is 9.50 Å². The predicted molar refractivity (Wildman–Crippen MR) is 83.0 cm³/mol. The van der Waals surface area contributed by atoms with Crippen LogP contribution in [0.4, 0.5) is 4.39 Å². The largest absolute Gasteiger partial charge is 0.394 e. The molecule has 1 aromatic carbocycles. The molecule has 0 saturated carbocycles. The van der Waals surface area contributed by atoms with E-state index in [1.54, 1.807) is 23.0 Å². The van der Waals surface area contributed by atoms with Crippen LogP contribution in [0.15, 0.2) is 30.5 Å². The molecule has 3 rings (SSSR count). The number of nitrogens with two attached hydrogens (primary N) is 1. The first-order valence-corrected chi connectivity index (χ1v) is 7.83. The average Bonchev–Trinajstić information content (AvgIpc) is 3.03. The molecule has 124 valence electrons. The Morgan fingerprint density at radius 2 is 2.26 bits per heavy atom. The van der Waals surface area contributed by atoms with Gasteiger partial charge in [-0.25, -0.2) is 4.39 Å². The summed E-state index contributed by atoms with van der Waals surface area (Å²) in [6.07, 6.45) is 4.08. The molecule has 3 atom stereocenters. The van der Waals surface area contributed by atoms with Gasteiger partial charge in [-0.05, 0) is 31.4 Å². The molecule has 0 bridgehead atoms. The fraction of sp³-hybridized carbons (Fsp3) is 0.500. The number of aryl methyl sites for hydroxylation is 1. The minimum atomic E-state index is -0.293. The van der Waals surface area contributed by atoms with Crippen LogP contribution in [0.25, 0.3) is 11.3 Å². The molecule has 0 spiro atoms. The van der Waals surface area contributed by atoms with Crippen LogP contribution in [0.3, 0.4) is 0 Å². The van der Waals surface area contributed by atoms with Gasteiger partial charge in [-0.3, -0.25) is 4.68 Å². The van der Waals surface area contributed by atoms with Gasteiger partial charge in [-0.2, -0.15) is 0 Å². The van der Waals surface area contributed by atoms with Gasteiger partial charge in [0.15, 0.2) is 0 Å². The van der Waals surface area contributed by atoms with E-state index in [0.29, 0.717) is 17.8 Å². The lowest BCUT2D eigenvalue weighted by atomic mass is 9.98. The Labute approximate surface area is 134 Å². The zero-order valence-corrected chi connectivity index (χ0v) is 12.8. The molecular weight excluding hydrogens is 299 g/mol. The van der Waals surface area contributed by atoms with Gasteiger partial charge < -0.3 is 15.6 Å². The van der Waals surface area contributed by atoms with Gasteiger partial charge >= 0.3 is 0 Å². The topological polar surface area (TPSA) is 86.2 Å². The Kier molecular flexibility index (Phi) is 5.00. The Bertz CT molecular complexity index is 649. The van der Waals surface area contributed by atoms with Crippen molar-refractivity contribution in [3.63, 3.8) is 0 Å². The summed E-state index contributed by atoms with van der Waals surface area (Å²) in [6.45, 7) is 0.602. The van der Waals surface area contributed by atoms with Crippen molar-refractivity contribution in [2.24, 2.45) is 5.73 Å². The second-order valence-electron chi connectivity index (χ2n) is 5.89. The summed E-state index contributed by atoms with van der Waals surface area (Å²) < 4.78 is 20.8. The molecule has 7 heteroatoms. The summed E-state index contributed by atoms with van der Waals surface area (Å²) in [4.78, 5) is 0. The van der Waals surface area contributed by atoms with E-state index >= 15 is 0 Å². The molecule has 1 aliphatic rings. The van der Waals surface area contributed by atoms with Crippen molar-refractivity contribution in [3.8, 4) is 11.3 Å². The summed E-state index contributed by atoms with van der Waals surface area (Å²) in [7, 11) is 0. The third-order valence-electron chi connectivity index (χ3n) is 4.19. The number of aromatic nitrogens is 3. The fourth-order valence-electron chi connectivity index (χ4n) is 2.84. The zero-order valence-electron chi connectivity index (χ0n) is 12.8. The molecule has 0 radical (unpaired) electrons. The predicted octanol–water partition coefficient (Wildman–Crippen LogP) is 1.34. The van der Waals surface area contributed by atoms with Crippen molar-refractivity contribution in [2.75, 3.05) is 6.61 Å². The second-order valence-corrected chi connectivity index (χ2v) is 5.89. The molecule has 0 amide bonds. The highest BCUT2D eigenvalue weighted by molar-refractivity contribution is 5.57. The van der Waals surface area contributed by atoms with E-state index in [4.69, 9.17) is 10.5 Å². The maximum Gasteiger partial charge on any atom is 0.123 e. The van der Waals surface area contributed by atoms with Gasteiger partial charge in [0.2, 0.25) is 0 Å². The second kappa shape index (κ2) is 7.16. The lowest BCUT2D eigenvalue weighted by Crippen LogP contribution is -2.46. The van der Waals surface area contributed by atoms with Crippen LogP contribution in [0.1, 0.15) is 19.3 Å². The Morgan fingerprint density at radius 1 is 1.39 bits per heavy atom. The van der Waals surface area contributed by atoms with Gasteiger partial charge in [-0.1, -0.05) is 17.3 Å². The molecule has 1 aliphatic heterocycles. The van der Waals surface area contributed by atoms with Gasteiger partial charge in [0.25, 0.3) is 0 Å². The number of hydrogen-bond donors (Lipinski definition) is 2. The van der Waals surface area contributed by atoms with E-state index in [2.05, 4.69) is 10.3 Å². The third-order valence-corrected chi connectivity index (χ3v) is 4.19. The number of aliphatic hydroxyl groups excluding tert-OH is 1. The molecule has 23 heavy (non-hydrogen) atoms. The summed E-state index contributed by atoms with van der Waals surface area (Å²) in [5, 5.41) is 17.4. The molecule has 1 fully saturated rings. The number of halogens is 1. The Hall–Kier alpha value is -1.83. The molecule has 6 nitrogen and oxygen atoms in total. The van der Waals surface area contributed by atoms with Crippen molar-refractivity contribution in [1.82, 2.24) is 15.0 Å². The maximum absolute atomic E-state index is 13.3. The fourth-order valence-corrected chi connectivity index (χ4v) is 2.84. The standard InChI is InChI=1S/C16H21FN4O2/c17-12-3-1-2-11(8-12)15-9-21(20-19-15)7-6-13-4-5-14(18)16(10-22)23-13/h1-3,8-9,13-14,16,22H,4-7,10,18H2/t13-,14+,16-/m0/s1. The van der Waals surface area contributed by atoms with Crippen LogP contribution >= 0.6 is 0 Å². The van der Waals surface area contributed by atoms with Gasteiger partial charge in [0, 0.05) is 18.2 Å². The average molecular weight is 320 g/mol. The van der Waals surface area contributed by atoms with Crippen molar-refractivity contribution in [3.05, 3.63) is 36.3 Å². The van der Waals surface area contributed by atoms with E-state index in [-0.39, 0.29) is 30.7 Å². The molecular formula is C16H21FN4O2. The smallest absolute Gasteiger partial charge is 0.123 e. The maximum atomic E-state index is 13.3. The lowest BCUT2D eigenvalue weighted by molar-refractivity contribution is -0.0861. The van der Waals surface area contributed by atoms with Crippen LogP contribution < -0.4 is 5.73 Å². The number of ether oxygens (including phenoxy) is 1. The van der Waals surface area contributed by atoms with Gasteiger partial charge in [0.1, 0.15) is 11.5 Å². The highest BCUT2D eigenvalue weighted by Crippen LogP contribution is 2.21. The molecule has 1 aromatic heterocycles.